The zero-order valence-corrected chi connectivity index (χ0v) is 12.4. The van der Waals surface area contributed by atoms with Crippen molar-refractivity contribution in [2.24, 2.45) is 11.7 Å². The van der Waals surface area contributed by atoms with Crippen LogP contribution in [-0.4, -0.2) is 34.2 Å². The van der Waals surface area contributed by atoms with E-state index in [0.29, 0.717) is 12.0 Å². The molecule has 112 valence electrons. The van der Waals surface area contributed by atoms with Crippen LogP contribution in [-0.2, 0) is 0 Å². The lowest BCUT2D eigenvalue weighted by Crippen LogP contribution is -2.41. The topological polar surface area (TPSA) is 69.7 Å². The van der Waals surface area contributed by atoms with Crippen LogP contribution in [0.5, 0.6) is 11.5 Å². The highest BCUT2D eigenvalue weighted by molar-refractivity contribution is 5.40. The van der Waals surface area contributed by atoms with E-state index in [4.69, 9.17) is 5.73 Å². The second kappa shape index (κ2) is 6.46. The van der Waals surface area contributed by atoms with Gasteiger partial charge in [0.1, 0.15) is 11.5 Å². The van der Waals surface area contributed by atoms with Crippen LogP contribution in [0, 0.1) is 5.92 Å². The van der Waals surface area contributed by atoms with Gasteiger partial charge in [-0.2, -0.15) is 0 Å². The van der Waals surface area contributed by atoms with Crippen molar-refractivity contribution in [3.8, 4) is 11.5 Å². The van der Waals surface area contributed by atoms with Crippen LogP contribution >= 0.6 is 0 Å². The second-order valence-electron chi connectivity index (χ2n) is 5.74. The van der Waals surface area contributed by atoms with Gasteiger partial charge in [-0.3, -0.25) is 4.90 Å². The van der Waals surface area contributed by atoms with E-state index in [1.54, 1.807) is 6.07 Å². The number of aromatic hydroxyl groups is 2. The lowest BCUT2D eigenvalue weighted by Gasteiger charge is -2.37. The number of nitrogens with two attached hydrogens (primary N) is 1. The van der Waals surface area contributed by atoms with E-state index < -0.39 is 0 Å². The Hall–Kier alpha value is -1.26. The van der Waals surface area contributed by atoms with Gasteiger partial charge in [0, 0.05) is 23.7 Å². The number of benzene rings is 1. The quantitative estimate of drug-likeness (QED) is 0.774. The Morgan fingerprint density at radius 1 is 1.35 bits per heavy atom. The number of phenolic OH excluding ortho intramolecular Hbond substituents is 2. The van der Waals surface area contributed by atoms with Crippen molar-refractivity contribution in [3.63, 3.8) is 0 Å². The maximum absolute atomic E-state index is 10.1. The molecule has 4 nitrogen and oxygen atoms in total. The summed E-state index contributed by atoms with van der Waals surface area (Å²) in [5.41, 5.74) is 6.76. The normalized spacial score (nSPS) is 24.2. The van der Waals surface area contributed by atoms with Crippen molar-refractivity contribution >= 4 is 0 Å². The summed E-state index contributed by atoms with van der Waals surface area (Å²) >= 11 is 0. The van der Waals surface area contributed by atoms with Gasteiger partial charge in [0.05, 0.1) is 0 Å². The zero-order valence-electron chi connectivity index (χ0n) is 12.4. The van der Waals surface area contributed by atoms with Crippen LogP contribution in [0.25, 0.3) is 0 Å². The lowest BCUT2D eigenvalue weighted by atomic mass is 9.97. The molecule has 0 saturated heterocycles. The van der Waals surface area contributed by atoms with E-state index in [-0.39, 0.29) is 17.5 Å². The molecular weight excluding hydrogens is 252 g/mol. The maximum Gasteiger partial charge on any atom is 0.124 e. The highest BCUT2D eigenvalue weighted by atomic mass is 16.3. The first-order chi connectivity index (χ1) is 9.58. The van der Waals surface area contributed by atoms with Gasteiger partial charge in [0.25, 0.3) is 0 Å². The van der Waals surface area contributed by atoms with E-state index >= 15 is 0 Å². The molecule has 20 heavy (non-hydrogen) atoms. The summed E-state index contributed by atoms with van der Waals surface area (Å²) in [6.45, 7) is 5.93. The van der Waals surface area contributed by atoms with Crippen LogP contribution in [0.15, 0.2) is 18.2 Å². The largest absolute Gasteiger partial charge is 0.508 e. The fraction of sp³-hybridized carbons (Fsp3) is 0.625. The van der Waals surface area contributed by atoms with E-state index in [9.17, 15) is 10.2 Å². The minimum atomic E-state index is 0.0993. The van der Waals surface area contributed by atoms with Crippen molar-refractivity contribution in [3.05, 3.63) is 23.8 Å². The molecule has 0 radical (unpaired) electrons. The molecule has 0 bridgehead atoms. The third-order valence-electron chi connectivity index (χ3n) is 4.67. The molecule has 3 unspecified atom stereocenters. The molecule has 0 aromatic heterocycles. The van der Waals surface area contributed by atoms with Gasteiger partial charge in [0.15, 0.2) is 0 Å². The van der Waals surface area contributed by atoms with Gasteiger partial charge in [-0.25, -0.2) is 0 Å². The average Bonchev–Trinajstić information content (AvgIpc) is 2.87. The average molecular weight is 278 g/mol. The summed E-state index contributed by atoms with van der Waals surface area (Å²) in [7, 11) is 0. The SMILES string of the molecule is CCN(C(C)c1ccc(O)cc1O)C1CCCC1CN. The molecule has 2 rings (SSSR count). The Balaban J connectivity index is 2.22. The molecule has 3 atom stereocenters. The standard InChI is InChI=1S/C16H26N2O2/c1-3-18(15-6-4-5-12(15)10-17)11(2)14-8-7-13(19)9-16(14)20/h7-9,11-12,15,19-20H,3-6,10,17H2,1-2H3. The van der Waals surface area contributed by atoms with Crippen molar-refractivity contribution in [1.29, 1.82) is 0 Å². The summed E-state index contributed by atoms with van der Waals surface area (Å²) in [6.07, 6.45) is 3.61. The predicted molar refractivity (Wildman–Crippen MR) is 80.8 cm³/mol. The molecule has 0 heterocycles. The van der Waals surface area contributed by atoms with E-state index in [2.05, 4.69) is 18.7 Å². The number of phenols is 2. The number of hydrogen-bond donors (Lipinski definition) is 3. The van der Waals surface area contributed by atoms with Crippen LogP contribution in [0.2, 0.25) is 0 Å². The minimum absolute atomic E-state index is 0.0993. The summed E-state index contributed by atoms with van der Waals surface area (Å²) < 4.78 is 0. The molecule has 0 amide bonds. The first-order valence-electron chi connectivity index (χ1n) is 7.56. The molecule has 1 saturated carbocycles. The molecule has 1 aromatic rings. The van der Waals surface area contributed by atoms with E-state index in [0.717, 1.165) is 18.7 Å². The van der Waals surface area contributed by atoms with Crippen LogP contribution in [0.3, 0.4) is 0 Å². The van der Waals surface area contributed by atoms with Gasteiger partial charge in [-0.15, -0.1) is 0 Å². The summed E-state index contributed by atoms with van der Waals surface area (Å²) in [5.74, 6) is 0.817. The summed E-state index contributed by atoms with van der Waals surface area (Å²) in [5, 5.41) is 19.5. The number of rotatable bonds is 5. The Morgan fingerprint density at radius 3 is 2.70 bits per heavy atom. The minimum Gasteiger partial charge on any atom is -0.508 e. The van der Waals surface area contributed by atoms with Crippen molar-refractivity contribution in [2.75, 3.05) is 13.1 Å². The number of nitrogens with zero attached hydrogens (tertiary/aromatic N) is 1. The number of hydrogen-bond acceptors (Lipinski definition) is 4. The fourth-order valence-electron chi connectivity index (χ4n) is 3.59. The van der Waals surface area contributed by atoms with Gasteiger partial charge in [-0.05, 0) is 44.8 Å². The Bertz CT molecular complexity index is 450. The first kappa shape index (κ1) is 15.1. The molecule has 4 N–H and O–H groups in total. The van der Waals surface area contributed by atoms with Gasteiger partial charge in [0.2, 0.25) is 0 Å². The molecule has 0 aliphatic heterocycles. The summed E-state index contributed by atoms with van der Waals surface area (Å²) in [6, 6.07) is 5.47. The lowest BCUT2D eigenvalue weighted by molar-refractivity contribution is 0.122. The third-order valence-corrected chi connectivity index (χ3v) is 4.67. The van der Waals surface area contributed by atoms with Crippen molar-refractivity contribution in [1.82, 2.24) is 4.90 Å². The third kappa shape index (κ3) is 2.91. The Kier molecular flexibility index (Phi) is 4.89. The summed E-state index contributed by atoms with van der Waals surface area (Å²) in [4.78, 5) is 2.43. The highest BCUT2D eigenvalue weighted by Gasteiger charge is 2.33. The van der Waals surface area contributed by atoms with Crippen molar-refractivity contribution < 1.29 is 10.2 Å². The molecule has 0 spiro atoms. The Labute approximate surface area is 121 Å². The van der Waals surface area contributed by atoms with Crippen LogP contribution < -0.4 is 5.73 Å². The van der Waals surface area contributed by atoms with Crippen LogP contribution in [0.4, 0.5) is 0 Å². The van der Waals surface area contributed by atoms with E-state index in [1.165, 1.54) is 25.3 Å². The smallest absolute Gasteiger partial charge is 0.124 e. The molecular formula is C16H26N2O2. The predicted octanol–water partition coefficient (Wildman–Crippen LogP) is 2.61. The fourth-order valence-corrected chi connectivity index (χ4v) is 3.59. The molecule has 1 aliphatic rings. The van der Waals surface area contributed by atoms with Crippen LogP contribution in [0.1, 0.15) is 44.7 Å². The van der Waals surface area contributed by atoms with Gasteiger partial charge in [-0.1, -0.05) is 19.4 Å². The maximum atomic E-state index is 10.1. The zero-order chi connectivity index (χ0) is 14.7. The van der Waals surface area contributed by atoms with E-state index in [1.807, 2.05) is 6.07 Å². The molecule has 4 heteroatoms. The highest BCUT2D eigenvalue weighted by Crippen LogP contribution is 2.37. The molecule has 1 fully saturated rings. The Morgan fingerprint density at radius 2 is 2.10 bits per heavy atom. The molecule has 1 aromatic carbocycles. The monoisotopic (exact) mass is 278 g/mol. The van der Waals surface area contributed by atoms with Gasteiger partial charge >= 0.3 is 0 Å². The second-order valence-corrected chi connectivity index (χ2v) is 5.74. The molecule has 1 aliphatic carbocycles. The van der Waals surface area contributed by atoms with Gasteiger partial charge < -0.3 is 15.9 Å². The van der Waals surface area contributed by atoms with Crippen molar-refractivity contribution in [2.45, 2.75) is 45.2 Å². The first-order valence-corrected chi connectivity index (χ1v) is 7.56.